The van der Waals surface area contributed by atoms with Crippen molar-refractivity contribution in [3.05, 3.63) is 71.1 Å². The maximum atomic E-state index is 9.40. The fraction of sp³-hybridized carbons (Fsp3) is 0.200. The fourth-order valence-corrected chi connectivity index (χ4v) is 3.15. The van der Waals surface area contributed by atoms with Crippen molar-refractivity contribution in [1.29, 1.82) is 0 Å². The number of nitrogens with zero attached hydrogens (tertiary/aromatic N) is 3. The molecule has 4 rings (SSSR count). The minimum absolute atomic E-state index is 0.291. The maximum absolute atomic E-state index is 9.40. The van der Waals surface area contributed by atoms with Gasteiger partial charge in [-0.1, -0.05) is 35.0 Å². The second-order valence-electron chi connectivity index (χ2n) is 6.28. The van der Waals surface area contributed by atoms with E-state index in [9.17, 15) is 5.11 Å². The van der Waals surface area contributed by atoms with Gasteiger partial charge in [-0.2, -0.15) is 4.98 Å². The molecule has 0 spiro atoms. The Labute approximate surface area is 156 Å². The van der Waals surface area contributed by atoms with Gasteiger partial charge in [0.1, 0.15) is 5.75 Å². The van der Waals surface area contributed by atoms with E-state index in [0.29, 0.717) is 29.0 Å². The molecule has 0 unspecified atom stereocenters. The Balaban J connectivity index is 1.40. The third kappa shape index (κ3) is 3.79. The van der Waals surface area contributed by atoms with E-state index in [1.807, 2.05) is 36.4 Å². The van der Waals surface area contributed by atoms with Gasteiger partial charge in [-0.3, -0.25) is 4.90 Å². The van der Waals surface area contributed by atoms with Gasteiger partial charge in [-0.05, 0) is 54.0 Å². The Hall–Kier alpha value is -2.63. The van der Waals surface area contributed by atoms with Gasteiger partial charge >= 0.3 is 0 Å². The number of hydrogen-bond acceptors (Lipinski definition) is 5. The van der Waals surface area contributed by atoms with E-state index >= 15 is 0 Å². The van der Waals surface area contributed by atoms with Crippen LogP contribution in [0.1, 0.15) is 17.9 Å². The molecule has 3 aromatic rings. The Kier molecular flexibility index (Phi) is 4.73. The average Bonchev–Trinajstić information content (AvgIpc) is 3.12. The average molecular weight is 368 g/mol. The lowest BCUT2D eigenvalue weighted by Gasteiger charge is -2.25. The molecule has 0 bridgehead atoms. The molecule has 132 valence electrons. The maximum Gasteiger partial charge on any atom is 0.241 e. The summed E-state index contributed by atoms with van der Waals surface area (Å²) in [6.07, 6.45) is 3.16. The van der Waals surface area contributed by atoms with E-state index < -0.39 is 0 Å². The molecule has 6 heteroatoms. The van der Waals surface area contributed by atoms with Crippen LogP contribution in [0.2, 0.25) is 5.02 Å². The molecule has 0 radical (unpaired) electrons. The van der Waals surface area contributed by atoms with Gasteiger partial charge in [0.15, 0.2) is 0 Å². The van der Waals surface area contributed by atoms with Crippen LogP contribution in [0.15, 0.2) is 59.1 Å². The zero-order valence-electron chi connectivity index (χ0n) is 14.1. The normalized spacial score (nSPS) is 15.0. The first-order valence-electron chi connectivity index (χ1n) is 8.47. The number of phenols is 1. The molecule has 0 amide bonds. The lowest BCUT2D eigenvalue weighted by Crippen LogP contribution is -2.28. The Bertz CT molecular complexity index is 917. The van der Waals surface area contributed by atoms with Crippen LogP contribution >= 0.6 is 11.6 Å². The zero-order chi connectivity index (χ0) is 17.9. The summed E-state index contributed by atoms with van der Waals surface area (Å²) in [6, 6.07) is 14.7. The highest BCUT2D eigenvalue weighted by Crippen LogP contribution is 2.25. The van der Waals surface area contributed by atoms with E-state index in [1.165, 1.54) is 5.57 Å². The molecule has 0 atom stereocenters. The summed E-state index contributed by atoms with van der Waals surface area (Å²) in [5, 5.41) is 14.1. The van der Waals surface area contributed by atoms with Crippen LogP contribution in [0.5, 0.6) is 5.75 Å². The van der Waals surface area contributed by atoms with E-state index in [4.69, 9.17) is 16.1 Å². The summed E-state index contributed by atoms with van der Waals surface area (Å²) in [5.74, 6) is 1.48. The van der Waals surface area contributed by atoms with Crippen molar-refractivity contribution in [3.8, 4) is 17.1 Å². The molecule has 0 saturated heterocycles. The number of aromatic nitrogens is 2. The van der Waals surface area contributed by atoms with Crippen LogP contribution in [0.4, 0.5) is 0 Å². The van der Waals surface area contributed by atoms with Gasteiger partial charge in [0, 0.05) is 23.7 Å². The quantitative estimate of drug-likeness (QED) is 0.741. The van der Waals surface area contributed by atoms with Crippen molar-refractivity contribution in [2.45, 2.75) is 13.0 Å². The molecule has 2 heterocycles. The molecule has 1 aliphatic heterocycles. The van der Waals surface area contributed by atoms with Crippen LogP contribution < -0.4 is 0 Å². The summed E-state index contributed by atoms with van der Waals surface area (Å²) in [7, 11) is 0. The Morgan fingerprint density at radius 2 is 1.77 bits per heavy atom. The number of halogens is 1. The second-order valence-corrected chi connectivity index (χ2v) is 6.72. The monoisotopic (exact) mass is 367 g/mol. The van der Waals surface area contributed by atoms with Crippen LogP contribution in [0, 0.1) is 0 Å². The lowest BCUT2D eigenvalue weighted by molar-refractivity contribution is 0.245. The third-order valence-electron chi connectivity index (χ3n) is 4.46. The SMILES string of the molecule is Oc1ccc(C2=CCN(Cc3nc(-c4ccc(Cl)cc4)no3)CC2)cc1. The van der Waals surface area contributed by atoms with Gasteiger partial charge in [-0.25, -0.2) is 0 Å². The molecule has 2 aromatic carbocycles. The number of phenolic OH excluding ortho intramolecular Hbond substituents is 1. The minimum Gasteiger partial charge on any atom is -0.508 e. The molecule has 1 N–H and O–H groups in total. The van der Waals surface area contributed by atoms with E-state index in [2.05, 4.69) is 21.1 Å². The molecule has 1 aromatic heterocycles. The van der Waals surface area contributed by atoms with Crippen molar-refractivity contribution in [2.24, 2.45) is 0 Å². The molecule has 5 nitrogen and oxygen atoms in total. The summed E-state index contributed by atoms with van der Waals surface area (Å²) < 4.78 is 5.39. The fourth-order valence-electron chi connectivity index (χ4n) is 3.02. The molecular formula is C20H18ClN3O2. The van der Waals surface area contributed by atoms with Gasteiger partial charge in [0.25, 0.3) is 0 Å². The summed E-state index contributed by atoms with van der Waals surface area (Å²) >= 11 is 5.91. The third-order valence-corrected chi connectivity index (χ3v) is 4.71. The van der Waals surface area contributed by atoms with Crippen molar-refractivity contribution in [2.75, 3.05) is 13.1 Å². The van der Waals surface area contributed by atoms with Crippen molar-refractivity contribution < 1.29 is 9.63 Å². The van der Waals surface area contributed by atoms with Gasteiger partial charge in [-0.15, -0.1) is 0 Å². The molecule has 0 saturated carbocycles. The molecule has 0 aliphatic carbocycles. The van der Waals surface area contributed by atoms with Gasteiger partial charge < -0.3 is 9.63 Å². The standard InChI is InChI=1S/C20H18ClN3O2/c21-17-5-1-16(2-6-17)20-22-19(26-23-20)13-24-11-9-15(10-12-24)14-3-7-18(25)8-4-14/h1-9,25H,10-13H2. The van der Waals surface area contributed by atoms with Crippen molar-refractivity contribution in [3.63, 3.8) is 0 Å². The van der Waals surface area contributed by atoms with Gasteiger partial charge in [0.2, 0.25) is 11.7 Å². The Morgan fingerprint density at radius 1 is 1.04 bits per heavy atom. The number of rotatable bonds is 4. The number of hydrogen-bond donors (Lipinski definition) is 1. The van der Waals surface area contributed by atoms with Crippen LogP contribution in [-0.2, 0) is 6.54 Å². The predicted molar refractivity (Wildman–Crippen MR) is 101 cm³/mol. The first kappa shape index (κ1) is 16.8. The highest BCUT2D eigenvalue weighted by molar-refractivity contribution is 6.30. The molecule has 0 fully saturated rings. The highest BCUT2D eigenvalue weighted by Gasteiger charge is 2.17. The van der Waals surface area contributed by atoms with E-state index in [1.54, 1.807) is 12.1 Å². The highest BCUT2D eigenvalue weighted by atomic mass is 35.5. The van der Waals surface area contributed by atoms with Gasteiger partial charge in [0.05, 0.1) is 6.54 Å². The van der Waals surface area contributed by atoms with Crippen LogP contribution in [0.25, 0.3) is 17.0 Å². The second kappa shape index (κ2) is 7.32. The van der Waals surface area contributed by atoms with E-state index in [0.717, 1.165) is 30.6 Å². The molecule has 1 aliphatic rings. The smallest absolute Gasteiger partial charge is 0.241 e. The first-order valence-corrected chi connectivity index (χ1v) is 8.84. The summed E-state index contributed by atoms with van der Waals surface area (Å²) in [4.78, 5) is 6.75. The number of aromatic hydroxyl groups is 1. The minimum atomic E-state index is 0.291. The van der Waals surface area contributed by atoms with Crippen molar-refractivity contribution in [1.82, 2.24) is 15.0 Å². The van der Waals surface area contributed by atoms with E-state index in [-0.39, 0.29) is 0 Å². The molecular weight excluding hydrogens is 350 g/mol. The van der Waals surface area contributed by atoms with Crippen molar-refractivity contribution >= 4 is 17.2 Å². The topological polar surface area (TPSA) is 62.4 Å². The lowest BCUT2D eigenvalue weighted by atomic mass is 9.99. The predicted octanol–water partition coefficient (Wildman–Crippen LogP) is 4.38. The summed E-state index contributed by atoms with van der Waals surface area (Å²) in [5.41, 5.74) is 3.34. The number of benzene rings is 2. The summed E-state index contributed by atoms with van der Waals surface area (Å²) in [6.45, 7) is 2.38. The largest absolute Gasteiger partial charge is 0.508 e. The molecule has 26 heavy (non-hydrogen) atoms. The van der Waals surface area contributed by atoms with Crippen LogP contribution in [-0.4, -0.2) is 33.2 Å². The zero-order valence-corrected chi connectivity index (χ0v) is 14.9. The Morgan fingerprint density at radius 3 is 2.46 bits per heavy atom. The first-order chi connectivity index (χ1) is 12.7. The van der Waals surface area contributed by atoms with Crippen LogP contribution in [0.3, 0.4) is 0 Å².